The van der Waals surface area contributed by atoms with Crippen LogP contribution < -0.4 is 29.4 Å². The van der Waals surface area contributed by atoms with Crippen molar-refractivity contribution in [3.63, 3.8) is 0 Å². The molecular weight excluding hydrogens is 1610 g/mol. The van der Waals surface area contributed by atoms with Crippen LogP contribution in [0.3, 0.4) is 0 Å². The highest BCUT2D eigenvalue weighted by molar-refractivity contribution is 5.48. The van der Waals surface area contributed by atoms with Crippen molar-refractivity contribution in [2.75, 3.05) is 155 Å². The van der Waals surface area contributed by atoms with E-state index in [2.05, 4.69) is 473 Å². The summed E-state index contributed by atoms with van der Waals surface area (Å²) in [6, 6.07) is 36.2. The molecule has 742 valence electrons. The smallest absolute Gasteiger partial charge is 0.128 e. The fraction of sp³-hybridized carbons (Fsp3) is 0.735. The molecule has 12 heterocycles. The van der Waals surface area contributed by atoms with Gasteiger partial charge in [0.1, 0.15) is 34.9 Å². The summed E-state index contributed by atoms with van der Waals surface area (Å²) in [5, 5.41) is 0. The van der Waals surface area contributed by atoms with Gasteiger partial charge in [-0.3, -0.25) is 29.4 Å². The van der Waals surface area contributed by atoms with E-state index in [9.17, 15) is 0 Å². The van der Waals surface area contributed by atoms with Crippen molar-refractivity contribution in [3.8, 4) is 0 Å². The molecule has 6 aliphatic heterocycles. The van der Waals surface area contributed by atoms with Crippen molar-refractivity contribution in [3.05, 3.63) is 144 Å². The SMILES string of the molecule is CC(C)(C)C.CC(C)(C)C.CC1CN(c2cc(C(C)(C)C)ccn2)CC(C)N1CC(C)(C)C.C[C@@H]1CN(c2cc(C(C)(C)C)ccn2)C[C@H](C)N1C.C[C@@H]1CN(c2cc(C(C)(C)C)ccn2)C[C@H](C)N1CC(C)(C)C.C[C@@H]1CN(c2ccccn2)C[C@H](C)N1C.C[C@@H]1CN(c2ccccn2)C[C@H](C)N1CC(C)(C)C.C[C@H]1CN(c2cc(C(C)(C)C)ccn2)CCN1CC(C)(C)C. The molecule has 0 aliphatic carbocycles. The van der Waals surface area contributed by atoms with Crippen LogP contribution in [-0.4, -0.2) is 251 Å². The summed E-state index contributed by atoms with van der Waals surface area (Å²) < 4.78 is 0. The Bertz CT molecular complexity index is 4050. The Morgan fingerprint density at radius 2 is 0.427 bits per heavy atom. The normalized spacial score (nSPS) is 23.6. The second-order valence-electron chi connectivity index (χ2n) is 52.4. The van der Waals surface area contributed by atoms with Gasteiger partial charge in [-0.05, 0) is 239 Å². The summed E-state index contributed by atoms with van der Waals surface area (Å²) in [6.45, 7) is 116. The lowest BCUT2D eigenvalue weighted by Gasteiger charge is -2.47. The van der Waals surface area contributed by atoms with Gasteiger partial charge in [0.15, 0.2) is 0 Å². The number of aromatic nitrogens is 6. The van der Waals surface area contributed by atoms with E-state index in [0.29, 0.717) is 99.0 Å². The summed E-state index contributed by atoms with van der Waals surface area (Å²) >= 11 is 0. The number of pyridine rings is 6. The topological polar surface area (TPSA) is 116 Å². The third-order valence-electron chi connectivity index (χ3n) is 25.1. The minimum Gasteiger partial charge on any atom is -0.354 e. The molecule has 2 unspecified atom stereocenters. The lowest BCUT2D eigenvalue weighted by atomic mass is 9.87. The van der Waals surface area contributed by atoms with E-state index in [1.807, 2.05) is 49.3 Å². The number of likely N-dealkylation sites (N-methyl/N-ethyl adjacent to an activating group) is 2. The monoisotopic (exact) mass is 1810 g/mol. The first-order valence-electron chi connectivity index (χ1n) is 50.5. The Labute approximate surface area is 806 Å². The van der Waals surface area contributed by atoms with Crippen molar-refractivity contribution in [2.45, 2.75) is 386 Å². The van der Waals surface area contributed by atoms with Crippen LogP contribution in [0.25, 0.3) is 0 Å². The largest absolute Gasteiger partial charge is 0.354 e. The highest BCUT2D eigenvalue weighted by Gasteiger charge is 2.38. The highest BCUT2D eigenvalue weighted by atomic mass is 15.4. The van der Waals surface area contributed by atoms with Gasteiger partial charge in [0, 0.05) is 215 Å². The van der Waals surface area contributed by atoms with E-state index in [1.54, 1.807) is 0 Å². The first kappa shape index (κ1) is 115. The van der Waals surface area contributed by atoms with Crippen molar-refractivity contribution in [1.29, 1.82) is 0 Å². The molecule has 131 heavy (non-hydrogen) atoms. The van der Waals surface area contributed by atoms with Gasteiger partial charge in [-0.1, -0.05) is 234 Å². The fourth-order valence-corrected chi connectivity index (χ4v) is 17.8. The summed E-state index contributed by atoms with van der Waals surface area (Å²) in [4.78, 5) is 57.4. The summed E-state index contributed by atoms with van der Waals surface area (Å²) in [7, 11) is 4.41. The van der Waals surface area contributed by atoms with Crippen LogP contribution in [0.2, 0.25) is 0 Å². The highest BCUT2D eigenvalue weighted by Crippen LogP contribution is 2.35. The Kier molecular flexibility index (Phi) is 42.5. The molecule has 6 aromatic rings. The van der Waals surface area contributed by atoms with Gasteiger partial charge in [-0.25, -0.2) is 29.9 Å². The molecule has 0 saturated carbocycles. The lowest BCUT2D eigenvalue weighted by molar-refractivity contribution is 0.0880. The Morgan fingerprint density at radius 1 is 0.229 bits per heavy atom. The van der Waals surface area contributed by atoms with E-state index in [4.69, 9.17) is 0 Å². The number of rotatable bonds is 10. The zero-order valence-electron chi connectivity index (χ0n) is 93.0. The third kappa shape index (κ3) is 41.1. The molecule has 0 spiro atoms. The standard InChI is InChI=1S/2C20H35N3.C19H33N3.2C16H27N3.C12H19N3.2C5H12/c2*1-15-12-22(13-16(2)23(15)14-19(3,4)5)18-11-17(9-10-21-18)20(6,7)8;1-15-13-21(10-11-22(15)14-18(2,3)4)17-12-16(8-9-20-17)19(5,6)7;1-12-10-19(11-13(2)18(12)6)15-9-14(7-8-17-15)16(3,4)5;1-13-10-18(15-8-6-7-9-17-15)11-14(2)19(13)12-16(3,4)5;1-10-8-15(9-11(2)14(10)3)12-6-4-5-7-13-12;2*1-5(2,3)4/h2*9-11,15-16H,12-14H2,1-8H3;8-9,12,15H,10-11,13-14H2,1-7H3;7-9,12-13H,10-11H2,1-6H3;6-9,13-14H,10-12H2,1-5H3;4-7,10-11H,8-9H2,1-3H3;2*1-4H3/t15-,16+;;15-;12-,13+;13-,14+;10-,11+;;/m..0...../s1. The second kappa shape index (κ2) is 48.5. The van der Waals surface area contributed by atoms with Crippen molar-refractivity contribution >= 4 is 34.9 Å². The minimum atomic E-state index is 0.170. The lowest BCUT2D eigenvalue weighted by Crippen LogP contribution is -2.58. The average Bonchev–Trinajstić information content (AvgIpc) is 0.803. The van der Waals surface area contributed by atoms with Gasteiger partial charge in [0.05, 0.1) is 0 Å². The van der Waals surface area contributed by atoms with Crippen molar-refractivity contribution in [2.24, 2.45) is 32.5 Å². The van der Waals surface area contributed by atoms with Gasteiger partial charge in [-0.15, -0.1) is 0 Å². The molecule has 6 saturated heterocycles. The minimum absolute atomic E-state index is 0.170. The summed E-state index contributed by atoms with van der Waals surface area (Å²) in [5.74, 6) is 6.73. The van der Waals surface area contributed by atoms with E-state index in [1.165, 1.54) is 22.3 Å². The molecule has 6 fully saturated rings. The summed E-state index contributed by atoms with van der Waals surface area (Å²) in [6.07, 6.45) is 11.6. The first-order valence-corrected chi connectivity index (χ1v) is 50.5. The molecule has 0 amide bonds. The Balaban J connectivity index is 0.000000273. The molecule has 0 bridgehead atoms. The van der Waals surface area contributed by atoms with E-state index < -0.39 is 0 Å². The maximum Gasteiger partial charge on any atom is 0.128 e. The average molecular weight is 1810 g/mol. The Hall–Kier alpha value is -6.54. The Morgan fingerprint density at radius 3 is 0.626 bits per heavy atom. The van der Waals surface area contributed by atoms with Gasteiger partial charge in [-0.2, -0.15) is 0 Å². The predicted octanol–water partition coefficient (Wildman–Crippen LogP) is 24.2. The first-order chi connectivity index (χ1) is 59.8. The number of nitrogens with zero attached hydrogens (tertiary/aromatic N) is 18. The third-order valence-corrected chi connectivity index (χ3v) is 25.1. The second-order valence-corrected chi connectivity index (χ2v) is 52.4. The van der Waals surface area contributed by atoms with Crippen LogP contribution in [0.1, 0.15) is 320 Å². The molecule has 0 aromatic carbocycles. The zero-order chi connectivity index (χ0) is 99.5. The zero-order valence-corrected chi connectivity index (χ0v) is 93.0. The fourth-order valence-electron chi connectivity index (χ4n) is 17.8. The van der Waals surface area contributed by atoms with Crippen LogP contribution in [-0.2, 0) is 21.7 Å². The molecule has 18 heteroatoms. The van der Waals surface area contributed by atoms with Crippen LogP contribution in [0.5, 0.6) is 0 Å². The van der Waals surface area contributed by atoms with Gasteiger partial charge < -0.3 is 29.4 Å². The summed E-state index contributed by atoms with van der Waals surface area (Å²) in [5.41, 5.74) is 8.55. The number of hydrogen-bond acceptors (Lipinski definition) is 18. The van der Waals surface area contributed by atoms with Crippen molar-refractivity contribution in [1.82, 2.24) is 59.3 Å². The molecule has 6 aromatic heterocycles. The number of anilines is 6. The van der Waals surface area contributed by atoms with Gasteiger partial charge in [0.25, 0.3) is 0 Å². The maximum atomic E-state index is 4.65. The maximum absolute atomic E-state index is 4.65. The number of piperazine rings is 6. The molecule has 12 rings (SSSR count). The van der Waals surface area contributed by atoms with Crippen LogP contribution in [0.15, 0.2) is 122 Å². The van der Waals surface area contributed by atoms with Gasteiger partial charge in [0.2, 0.25) is 0 Å². The van der Waals surface area contributed by atoms with E-state index >= 15 is 0 Å². The quantitative estimate of drug-likeness (QED) is 0.129. The van der Waals surface area contributed by atoms with Gasteiger partial charge >= 0.3 is 0 Å². The van der Waals surface area contributed by atoms with Crippen LogP contribution in [0.4, 0.5) is 34.9 Å². The molecular formula is C113H200N18. The molecule has 0 radical (unpaired) electrons. The molecule has 6 aliphatic rings. The molecule has 18 nitrogen and oxygen atoms in total. The van der Waals surface area contributed by atoms with E-state index in [0.717, 1.165) is 146 Å². The van der Waals surface area contributed by atoms with Crippen LogP contribution >= 0.6 is 0 Å². The predicted molar refractivity (Wildman–Crippen MR) is 573 cm³/mol. The van der Waals surface area contributed by atoms with E-state index in [-0.39, 0.29) is 21.7 Å². The van der Waals surface area contributed by atoms with Crippen molar-refractivity contribution < 1.29 is 0 Å². The molecule has 0 N–H and O–H groups in total. The molecule has 11 atom stereocenters. The number of hydrogen-bond donors (Lipinski definition) is 0. The van der Waals surface area contributed by atoms with Crippen LogP contribution in [0, 0.1) is 32.5 Å².